The summed E-state index contributed by atoms with van der Waals surface area (Å²) in [6.45, 7) is 4.78. The third-order valence-electron chi connectivity index (χ3n) is 7.19. The first-order valence-electron chi connectivity index (χ1n) is 14.0. The fraction of sp³-hybridized carbons (Fsp3) is 0.242. The van der Waals surface area contributed by atoms with Crippen molar-refractivity contribution in [3.63, 3.8) is 0 Å². The minimum Gasteiger partial charge on any atom is -0.489 e. The van der Waals surface area contributed by atoms with Gasteiger partial charge >= 0.3 is 5.97 Å². The van der Waals surface area contributed by atoms with Gasteiger partial charge in [-0.05, 0) is 60.2 Å². The van der Waals surface area contributed by atoms with Crippen LogP contribution in [0.15, 0.2) is 100 Å². The maximum atomic E-state index is 13.3. The highest BCUT2D eigenvalue weighted by Crippen LogP contribution is 2.45. The number of esters is 1. The molecule has 1 amide bonds. The minimum absolute atomic E-state index is 0.104. The lowest BCUT2D eigenvalue weighted by atomic mass is 9.93. The Hall–Kier alpha value is -4.70. The number of fused-ring (bicyclic) bond motifs is 2. The Kier molecular flexibility index (Phi) is 8.37. The van der Waals surface area contributed by atoms with Crippen LogP contribution in [0.25, 0.3) is 0 Å². The molecule has 43 heavy (non-hydrogen) atoms. The zero-order valence-corrected chi connectivity index (χ0v) is 24.7. The number of amides is 1. The van der Waals surface area contributed by atoms with Gasteiger partial charge < -0.3 is 29.2 Å². The lowest BCUT2D eigenvalue weighted by Gasteiger charge is -2.36. The second-order valence-electron chi connectivity index (χ2n) is 10.1. The predicted molar refractivity (Wildman–Crippen MR) is 163 cm³/mol. The summed E-state index contributed by atoms with van der Waals surface area (Å²) in [5, 5.41) is 5.61. The van der Waals surface area contributed by atoms with E-state index in [1.54, 1.807) is 6.92 Å². The maximum Gasteiger partial charge on any atom is 0.338 e. The Labute approximate surface area is 254 Å². The number of thioether (sulfide) groups is 1. The molecule has 10 heteroatoms. The van der Waals surface area contributed by atoms with Gasteiger partial charge in [-0.3, -0.25) is 4.79 Å². The number of allylic oxidation sites excluding steroid dienone is 1. The van der Waals surface area contributed by atoms with Crippen molar-refractivity contribution in [1.82, 2.24) is 10.2 Å². The molecule has 0 fully saturated rings. The van der Waals surface area contributed by atoms with E-state index in [0.717, 1.165) is 22.4 Å². The molecule has 0 saturated heterocycles. The summed E-state index contributed by atoms with van der Waals surface area (Å²) in [4.78, 5) is 33.2. The number of amidine groups is 1. The lowest BCUT2D eigenvalue weighted by Crippen LogP contribution is -2.38. The van der Waals surface area contributed by atoms with E-state index in [1.165, 1.54) is 11.8 Å². The van der Waals surface area contributed by atoms with Crippen molar-refractivity contribution in [2.24, 2.45) is 4.99 Å². The Morgan fingerprint density at radius 1 is 1.02 bits per heavy atom. The van der Waals surface area contributed by atoms with Crippen LogP contribution < -0.4 is 19.5 Å². The molecule has 3 aliphatic heterocycles. The molecule has 0 aromatic heterocycles. The van der Waals surface area contributed by atoms with Crippen molar-refractivity contribution in [3.05, 3.63) is 112 Å². The van der Waals surface area contributed by atoms with Gasteiger partial charge in [-0.2, -0.15) is 0 Å². The highest BCUT2D eigenvalue weighted by Gasteiger charge is 2.41. The largest absolute Gasteiger partial charge is 0.489 e. The van der Waals surface area contributed by atoms with E-state index in [2.05, 4.69) is 5.32 Å². The zero-order valence-electron chi connectivity index (χ0n) is 23.9. The summed E-state index contributed by atoms with van der Waals surface area (Å²) in [7, 11) is 0. The monoisotopic (exact) mass is 597 g/mol. The maximum absolute atomic E-state index is 13.3. The van der Waals surface area contributed by atoms with Gasteiger partial charge in [0.1, 0.15) is 12.4 Å². The van der Waals surface area contributed by atoms with Gasteiger partial charge in [0.2, 0.25) is 12.7 Å². The SMILES string of the molecule is CCOC(=O)C1=C(C)N=C2SC=C(CC(=O)NCc3ccc4c(c3)OCO4)N2[C@@H]1c1cccc(OCc2ccccc2)c1. The number of nitrogens with one attached hydrogen (secondary N) is 1. The average Bonchev–Trinajstić information content (AvgIpc) is 3.65. The standard InChI is InChI=1S/C33H31N3O6S/c1-3-39-32(38)30-21(2)35-33-36(31(30)24-10-7-11-26(15-24)40-18-22-8-5-4-6-9-22)25(19-43-33)16-29(37)34-17-23-12-13-27-28(14-23)42-20-41-27/h4-15,19,31H,3,16-18,20H2,1-2H3,(H,34,37)/t31-/m1/s1. The second kappa shape index (κ2) is 12.7. The molecule has 0 bridgehead atoms. The van der Waals surface area contributed by atoms with E-state index in [4.69, 9.17) is 23.9 Å². The molecule has 0 saturated carbocycles. The van der Waals surface area contributed by atoms with Crippen LogP contribution in [-0.2, 0) is 27.5 Å². The van der Waals surface area contributed by atoms with Crippen LogP contribution in [0.2, 0.25) is 0 Å². The first-order chi connectivity index (χ1) is 21.0. The summed E-state index contributed by atoms with van der Waals surface area (Å²) in [6.07, 6.45) is 0.104. The zero-order chi connectivity index (χ0) is 29.8. The molecule has 6 rings (SSSR count). The number of nitrogens with zero attached hydrogens (tertiary/aromatic N) is 2. The minimum atomic E-state index is -0.547. The van der Waals surface area contributed by atoms with Crippen LogP contribution in [0.3, 0.4) is 0 Å². The quantitative estimate of drug-likeness (QED) is 0.291. The van der Waals surface area contributed by atoms with Gasteiger partial charge in [0.15, 0.2) is 16.7 Å². The molecule has 3 heterocycles. The van der Waals surface area contributed by atoms with E-state index in [9.17, 15) is 9.59 Å². The normalized spacial score (nSPS) is 16.8. The first-order valence-corrected chi connectivity index (χ1v) is 14.9. The third kappa shape index (κ3) is 6.24. The van der Waals surface area contributed by atoms with Crippen LogP contribution in [0.4, 0.5) is 0 Å². The summed E-state index contributed by atoms with van der Waals surface area (Å²) in [6, 6.07) is 22.7. The van der Waals surface area contributed by atoms with Crippen LogP contribution in [0, 0.1) is 0 Å². The van der Waals surface area contributed by atoms with Gasteiger partial charge in [0.05, 0.1) is 30.3 Å². The Bertz CT molecular complexity index is 1630. The van der Waals surface area contributed by atoms with E-state index in [-0.39, 0.29) is 25.7 Å². The summed E-state index contributed by atoms with van der Waals surface area (Å²) in [5.41, 5.74) is 4.54. The summed E-state index contributed by atoms with van der Waals surface area (Å²) < 4.78 is 22.4. The lowest BCUT2D eigenvalue weighted by molar-refractivity contribution is -0.139. The summed E-state index contributed by atoms with van der Waals surface area (Å²) in [5.74, 6) is 1.44. The molecule has 0 radical (unpaired) electrons. The van der Waals surface area contributed by atoms with Crippen molar-refractivity contribution in [3.8, 4) is 17.2 Å². The van der Waals surface area contributed by atoms with Gasteiger partial charge in [0.25, 0.3) is 0 Å². The fourth-order valence-electron chi connectivity index (χ4n) is 5.15. The van der Waals surface area contributed by atoms with Crippen LogP contribution in [0.1, 0.15) is 43.0 Å². The summed E-state index contributed by atoms with van der Waals surface area (Å²) >= 11 is 1.43. The van der Waals surface area contributed by atoms with E-state index >= 15 is 0 Å². The number of aliphatic imine (C=N–C) groups is 1. The molecular formula is C33H31N3O6S. The number of ether oxygens (including phenoxy) is 4. The van der Waals surface area contributed by atoms with Crippen molar-refractivity contribution in [2.45, 2.75) is 39.5 Å². The van der Waals surface area contributed by atoms with Crippen molar-refractivity contribution in [2.75, 3.05) is 13.4 Å². The molecule has 0 unspecified atom stereocenters. The Morgan fingerprint density at radius 3 is 2.70 bits per heavy atom. The Morgan fingerprint density at radius 2 is 1.86 bits per heavy atom. The first kappa shape index (κ1) is 28.4. The second-order valence-corrected chi connectivity index (χ2v) is 10.9. The topological polar surface area (TPSA) is 98.7 Å². The van der Waals surface area contributed by atoms with Crippen LogP contribution in [-0.4, -0.2) is 35.3 Å². The van der Waals surface area contributed by atoms with Gasteiger partial charge in [-0.15, -0.1) is 0 Å². The predicted octanol–water partition coefficient (Wildman–Crippen LogP) is 5.84. The third-order valence-corrected chi connectivity index (χ3v) is 8.08. The molecule has 9 nitrogen and oxygen atoms in total. The highest BCUT2D eigenvalue weighted by molar-refractivity contribution is 8.16. The molecule has 3 aliphatic rings. The number of carbonyl (C=O) groups excluding carboxylic acids is 2. The average molecular weight is 598 g/mol. The molecule has 1 atom stereocenters. The fourth-order valence-corrected chi connectivity index (χ4v) is 6.11. The molecule has 220 valence electrons. The smallest absolute Gasteiger partial charge is 0.338 e. The molecule has 0 aliphatic carbocycles. The molecular weight excluding hydrogens is 566 g/mol. The molecule has 3 aromatic rings. The van der Waals surface area contributed by atoms with Crippen molar-refractivity contribution >= 4 is 28.8 Å². The van der Waals surface area contributed by atoms with Crippen molar-refractivity contribution in [1.29, 1.82) is 0 Å². The van der Waals surface area contributed by atoms with Crippen molar-refractivity contribution < 1.29 is 28.5 Å². The molecule has 1 N–H and O–H groups in total. The number of benzene rings is 3. The van der Waals surface area contributed by atoms with Crippen LogP contribution in [0.5, 0.6) is 17.2 Å². The van der Waals surface area contributed by atoms with E-state index in [0.29, 0.717) is 46.8 Å². The number of hydrogen-bond donors (Lipinski definition) is 1. The molecule has 3 aromatic carbocycles. The van der Waals surface area contributed by atoms with E-state index < -0.39 is 12.0 Å². The molecule has 0 spiro atoms. The van der Waals surface area contributed by atoms with E-state index in [1.807, 2.05) is 90.0 Å². The number of hydrogen-bond acceptors (Lipinski definition) is 9. The van der Waals surface area contributed by atoms with Gasteiger partial charge in [-0.1, -0.05) is 60.3 Å². The van der Waals surface area contributed by atoms with Crippen LogP contribution >= 0.6 is 11.8 Å². The number of rotatable bonds is 10. The van der Waals surface area contributed by atoms with Gasteiger partial charge in [-0.25, -0.2) is 9.79 Å². The van der Waals surface area contributed by atoms with Gasteiger partial charge in [0, 0.05) is 12.2 Å². The highest BCUT2D eigenvalue weighted by atomic mass is 32.2. The number of carbonyl (C=O) groups is 2. The Balaban J connectivity index is 1.23.